The summed E-state index contributed by atoms with van der Waals surface area (Å²) in [5, 5.41) is 3.45. The second-order valence-electron chi connectivity index (χ2n) is 6.38. The molecule has 0 saturated carbocycles. The average Bonchev–Trinajstić information content (AvgIpc) is 3.05. The van der Waals surface area contributed by atoms with E-state index in [-0.39, 0.29) is 19.1 Å². The van der Waals surface area contributed by atoms with Gasteiger partial charge in [-0.3, -0.25) is 4.79 Å². The number of halogens is 2. The highest BCUT2D eigenvalue weighted by molar-refractivity contribution is 9.10. The highest BCUT2D eigenvalue weighted by atomic mass is 79.9. The van der Waals surface area contributed by atoms with Crippen LogP contribution >= 0.6 is 27.5 Å². The Morgan fingerprint density at radius 3 is 2.69 bits per heavy atom. The molecule has 0 bridgehead atoms. The monoisotopic (exact) mass is 469 g/mol. The predicted octanol–water partition coefficient (Wildman–Crippen LogP) is 5.67. The molecular formula is C22H17BrClN3O2. The van der Waals surface area contributed by atoms with Gasteiger partial charge in [-0.05, 0) is 42.5 Å². The molecule has 0 radical (unpaired) electrons. The SMILES string of the molecule is O=C(Cn1c(COc2ccccc2Cl)nc2ccccc21)Nc1cccc(Br)c1. The average molecular weight is 471 g/mol. The molecule has 0 spiro atoms. The first-order valence-electron chi connectivity index (χ1n) is 8.97. The molecule has 146 valence electrons. The van der Waals surface area contributed by atoms with E-state index >= 15 is 0 Å². The van der Waals surface area contributed by atoms with Crippen LogP contribution in [0.3, 0.4) is 0 Å². The highest BCUT2D eigenvalue weighted by Gasteiger charge is 2.15. The summed E-state index contributed by atoms with van der Waals surface area (Å²) in [6.45, 7) is 0.316. The van der Waals surface area contributed by atoms with Crippen molar-refractivity contribution in [1.82, 2.24) is 9.55 Å². The number of hydrogen-bond donors (Lipinski definition) is 1. The van der Waals surface area contributed by atoms with Crippen molar-refractivity contribution in [3.63, 3.8) is 0 Å². The molecule has 0 aliphatic carbocycles. The lowest BCUT2D eigenvalue weighted by Crippen LogP contribution is -2.20. The topological polar surface area (TPSA) is 56.2 Å². The lowest BCUT2D eigenvalue weighted by molar-refractivity contribution is -0.116. The Labute approximate surface area is 181 Å². The summed E-state index contributed by atoms with van der Waals surface area (Å²) in [4.78, 5) is 17.3. The summed E-state index contributed by atoms with van der Waals surface area (Å²) in [6.07, 6.45) is 0. The normalized spacial score (nSPS) is 10.8. The van der Waals surface area contributed by atoms with Crippen molar-refractivity contribution in [2.45, 2.75) is 13.2 Å². The quantitative estimate of drug-likeness (QED) is 0.395. The Morgan fingerprint density at radius 2 is 1.86 bits per heavy atom. The second kappa shape index (κ2) is 8.68. The predicted molar refractivity (Wildman–Crippen MR) is 118 cm³/mol. The van der Waals surface area contributed by atoms with E-state index < -0.39 is 0 Å². The van der Waals surface area contributed by atoms with E-state index in [2.05, 4.69) is 26.2 Å². The summed E-state index contributed by atoms with van der Waals surface area (Å²) in [7, 11) is 0. The van der Waals surface area contributed by atoms with Crippen LogP contribution in [0.5, 0.6) is 5.75 Å². The molecule has 0 unspecified atom stereocenters. The largest absolute Gasteiger partial charge is 0.484 e. The number of imidazole rings is 1. The maximum absolute atomic E-state index is 12.7. The summed E-state index contributed by atoms with van der Waals surface area (Å²) >= 11 is 9.59. The molecular weight excluding hydrogens is 454 g/mol. The van der Waals surface area contributed by atoms with Crippen molar-refractivity contribution in [1.29, 1.82) is 0 Å². The number of anilines is 1. The standard InChI is InChI=1S/C22H17BrClN3O2/c23-15-6-5-7-16(12-15)25-22(28)13-27-19-10-3-2-9-18(19)26-21(27)14-29-20-11-4-1-8-17(20)24/h1-12H,13-14H2,(H,25,28). The third kappa shape index (κ3) is 4.60. The van der Waals surface area contributed by atoms with E-state index in [0.29, 0.717) is 16.6 Å². The van der Waals surface area contributed by atoms with Gasteiger partial charge < -0.3 is 14.6 Å². The molecule has 1 N–H and O–H groups in total. The number of rotatable bonds is 6. The van der Waals surface area contributed by atoms with Crippen molar-refractivity contribution in [3.8, 4) is 5.75 Å². The first kappa shape index (κ1) is 19.5. The van der Waals surface area contributed by atoms with E-state index in [0.717, 1.165) is 21.2 Å². The molecule has 0 aliphatic heterocycles. The second-order valence-corrected chi connectivity index (χ2v) is 7.70. The molecule has 1 amide bonds. The molecule has 4 aromatic rings. The van der Waals surface area contributed by atoms with E-state index in [1.807, 2.05) is 65.2 Å². The molecule has 0 atom stereocenters. The fourth-order valence-corrected chi connectivity index (χ4v) is 3.62. The molecule has 1 aromatic heterocycles. The van der Waals surface area contributed by atoms with Crippen molar-refractivity contribution in [2.75, 3.05) is 5.32 Å². The smallest absolute Gasteiger partial charge is 0.244 e. The zero-order valence-corrected chi connectivity index (χ0v) is 17.7. The third-order valence-electron chi connectivity index (χ3n) is 4.34. The molecule has 0 fully saturated rings. The number of carbonyl (C=O) groups is 1. The van der Waals surface area contributed by atoms with Crippen LogP contribution in [0, 0.1) is 0 Å². The van der Waals surface area contributed by atoms with Crippen LogP contribution in [0.2, 0.25) is 5.02 Å². The minimum atomic E-state index is -0.148. The number of carbonyl (C=O) groups excluding carboxylic acids is 1. The van der Waals surface area contributed by atoms with Gasteiger partial charge in [-0.25, -0.2) is 4.98 Å². The first-order valence-corrected chi connectivity index (χ1v) is 10.1. The number of amides is 1. The number of aromatic nitrogens is 2. The Hall–Kier alpha value is -2.83. The maximum atomic E-state index is 12.7. The van der Waals surface area contributed by atoms with Crippen molar-refractivity contribution >= 4 is 50.2 Å². The van der Waals surface area contributed by atoms with Crippen LogP contribution in [-0.4, -0.2) is 15.5 Å². The number of fused-ring (bicyclic) bond motifs is 1. The number of nitrogens with zero attached hydrogens (tertiary/aromatic N) is 2. The van der Waals surface area contributed by atoms with Gasteiger partial charge in [0.15, 0.2) is 0 Å². The fourth-order valence-electron chi connectivity index (χ4n) is 3.03. The van der Waals surface area contributed by atoms with E-state index in [9.17, 15) is 4.79 Å². The van der Waals surface area contributed by atoms with Gasteiger partial charge in [-0.2, -0.15) is 0 Å². The minimum absolute atomic E-state index is 0.119. The van der Waals surface area contributed by atoms with Crippen molar-refractivity contribution < 1.29 is 9.53 Å². The Morgan fingerprint density at radius 1 is 1.07 bits per heavy atom. The molecule has 1 heterocycles. The minimum Gasteiger partial charge on any atom is -0.484 e. The number of benzene rings is 3. The summed E-state index contributed by atoms with van der Waals surface area (Å²) in [5.41, 5.74) is 2.40. The molecule has 29 heavy (non-hydrogen) atoms. The van der Waals surface area contributed by atoms with Gasteiger partial charge >= 0.3 is 0 Å². The zero-order chi connectivity index (χ0) is 20.2. The molecule has 0 saturated heterocycles. The lowest BCUT2D eigenvalue weighted by Gasteiger charge is -2.12. The summed E-state index contributed by atoms with van der Waals surface area (Å²) in [5.74, 6) is 1.08. The van der Waals surface area contributed by atoms with Gasteiger partial charge in [0, 0.05) is 10.2 Å². The first-order chi connectivity index (χ1) is 14.1. The van der Waals surface area contributed by atoms with Crippen molar-refractivity contribution in [3.05, 3.63) is 88.1 Å². The molecule has 4 rings (SSSR count). The number of hydrogen-bond acceptors (Lipinski definition) is 3. The van der Waals surface area contributed by atoms with Crippen LogP contribution in [0.4, 0.5) is 5.69 Å². The van der Waals surface area contributed by atoms with E-state index in [1.165, 1.54) is 0 Å². The van der Waals surface area contributed by atoms with E-state index in [4.69, 9.17) is 16.3 Å². The van der Waals surface area contributed by atoms with Gasteiger partial charge in [0.2, 0.25) is 5.91 Å². The van der Waals surface area contributed by atoms with Gasteiger partial charge in [0.1, 0.15) is 24.7 Å². The Bertz CT molecular complexity index is 1180. The molecule has 7 heteroatoms. The van der Waals surface area contributed by atoms with E-state index in [1.54, 1.807) is 12.1 Å². The van der Waals surface area contributed by atoms with Crippen LogP contribution in [0.1, 0.15) is 5.82 Å². The van der Waals surface area contributed by atoms with Crippen LogP contribution < -0.4 is 10.1 Å². The molecule has 0 aliphatic rings. The van der Waals surface area contributed by atoms with Gasteiger partial charge in [0.05, 0.1) is 16.1 Å². The zero-order valence-electron chi connectivity index (χ0n) is 15.3. The third-order valence-corrected chi connectivity index (χ3v) is 5.14. The van der Waals surface area contributed by atoms with Crippen LogP contribution in [0.15, 0.2) is 77.3 Å². The number of nitrogens with one attached hydrogen (secondary N) is 1. The highest BCUT2D eigenvalue weighted by Crippen LogP contribution is 2.25. The summed E-state index contributed by atoms with van der Waals surface area (Å²) in [6, 6.07) is 22.4. The van der Waals surface area contributed by atoms with Gasteiger partial charge in [-0.1, -0.05) is 57.9 Å². The number of ether oxygens (including phenoxy) is 1. The van der Waals surface area contributed by atoms with Gasteiger partial charge in [0.25, 0.3) is 0 Å². The molecule has 3 aromatic carbocycles. The molecule has 5 nitrogen and oxygen atoms in total. The number of para-hydroxylation sites is 3. The fraction of sp³-hybridized carbons (Fsp3) is 0.0909. The maximum Gasteiger partial charge on any atom is 0.244 e. The van der Waals surface area contributed by atoms with Gasteiger partial charge in [-0.15, -0.1) is 0 Å². The van der Waals surface area contributed by atoms with Crippen LogP contribution in [0.25, 0.3) is 11.0 Å². The lowest BCUT2D eigenvalue weighted by atomic mass is 10.3. The van der Waals surface area contributed by atoms with Crippen molar-refractivity contribution in [2.24, 2.45) is 0 Å². The van der Waals surface area contributed by atoms with Crippen LogP contribution in [-0.2, 0) is 17.9 Å². The Balaban J connectivity index is 1.58. The summed E-state index contributed by atoms with van der Waals surface area (Å²) < 4.78 is 8.62. The Kier molecular flexibility index (Phi) is 5.83.